The molecule has 0 aliphatic carbocycles. The molecule has 0 saturated carbocycles. The number of aliphatic carboxylic acids is 2. The molecule has 0 radical (unpaired) electrons. The number of ether oxygens (including phenoxy) is 4. The van der Waals surface area contributed by atoms with Crippen LogP contribution in [0.5, 0.6) is 0 Å². The van der Waals surface area contributed by atoms with Gasteiger partial charge in [0, 0.05) is 25.8 Å². The molecule has 0 N–H and O–H groups in total. The van der Waals surface area contributed by atoms with Gasteiger partial charge in [-0.1, -0.05) is 152 Å². The molecule has 65 heavy (non-hydrogen) atoms. The molecule has 0 heterocycles. The fourth-order valence-electron chi connectivity index (χ4n) is 7.91. The van der Waals surface area contributed by atoms with Crippen molar-refractivity contribution in [3.05, 3.63) is 71.8 Å². The minimum Gasteiger partial charge on any atom is -0.550 e. The molecule has 0 spiro atoms. The number of carboxylic acid groups (broad SMARTS) is 2. The number of esters is 2. The van der Waals surface area contributed by atoms with Crippen LogP contribution < -0.4 is 10.2 Å². The van der Waals surface area contributed by atoms with E-state index in [1.165, 1.54) is 63.5 Å². The first kappa shape index (κ1) is 62.8. The van der Waals surface area contributed by atoms with Gasteiger partial charge in [0.05, 0.1) is 25.4 Å². The van der Waals surface area contributed by atoms with Gasteiger partial charge in [0.1, 0.15) is 12.2 Å². The zero-order valence-corrected chi connectivity index (χ0v) is 45.5. The van der Waals surface area contributed by atoms with Crippen molar-refractivity contribution in [2.75, 3.05) is 0 Å². The molecule has 0 saturated heterocycles. The molecule has 2 aromatic rings. The van der Waals surface area contributed by atoms with Crippen LogP contribution >= 0.6 is 0 Å². The van der Waals surface area contributed by atoms with Crippen LogP contribution in [0.2, 0.25) is 0 Å². The van der Waals surface area contributed by atoms with Gasteiger partial charge in [0.15, 0.2) is 0 Å². The minimum absolute atomic E-state index is 0. The van der Waals surface area contributed by atoms with Crippen LogP contribution in [0, 0.1) is 0 Å². The topological polar surface area (TPSA) is 151 Å². The average Bonchev–Trinajstić information content (AvgIpc) is 3.27. The summed E-state index contributed by atoms with van der Waals surface area (Å²) in [5.74, 6) is -2.42. The number of rotatable bonds is 40. The number of carboxylic acids is 2. The van der Waals surface area contributed by atoms with Gasteiger partial charge in [-0.3, -0.25) is 9.59 Å². The van der Waals surface area contributed by atoms with Crippen molar-refractivity contribution >= 4 is 72.8 Å². The van der Waals surface area contributed by atoms with Crippen LogP contribution in [0.15, 0.2) is 60.7 Å². The summed E-state index contributed by atoms with van der Waals surface area (Å²) >= 11 is 0. The summed E-state index contributed by atoms with van der Waals surface area (Å²) in [4.78, 5) is 43.8. The molecule has 364 valence electrons. The van der Waals surface area contributed by atoms with Crippen molar-refractivity contribution in [3.8, 4) is 0 Å². The van der Waals surface area contributed by atoms with Crippen molar-refractivity contribution in [1.82, 2.24) is 0 Å². The van der Waals surface area contributed by atoms with E-state index >= 15 is 0 Å². The molecule has 0 aliphatic rings. The fraction of sp³-hybridized carbons (Fsp3) is 0.704. The van der Waals surface area contributed by atoms with Crippen molar-refractivity contribution in [2.45, 2.75) is 245 Å². The third-order valence-corrected chi connectivity index (χ3v) is 11.5. The van der Waals surface area contributed by atoms with Gasteiger partial charge in [-0.2, -0.15) is 0 Å². The summed E-state index contributed by atoms with van der Waals surface area (Å²) in [6, 6.07) is 20.6. The molecular formula is C54H86BaO10. The summed E-state index contributed by atoms with van der Waals surface area (Å²) in [5, 5.41) is 20.9. The first-order valence-electron chi connectivity index (χ1n) is 25.1. The zero-order valence-electron chi connectivity index (χ0n) is 41.1. The van der Waals surface area contributed by atoms with Crippen molar-refractivity contribution in [1.29, 1.82) is 0 Å². The number of unbranched alkanes of at least 4 members (excludes halogenated alkanes) is 12. The average molecular weight is 1030 g/mol. The first-order chi connectivity index (χ1) is 31.0. The fourth-order valence-corrected chi connectivity index (χ4v) is 7.91. The molecule has 0 amide bonds. The van der Waals surface area contributed by atoms with E-state index in [2.05, 4.69) is 38.1 Å². The van der Waals surface area contributed by atoms with Gasteiger partial charge in [-0.25, -0.2) is 0 Å². The van der Waals surface area contributed by atoms with Gasteiger partial charge in [-0.15, -0.1) is 0 Å². The van der Waals surface area contributed by atoms with Crippen molar-refractivity contribution in [3.63, 3.8) is 0 Å². The normalized spacial score (nSPS) is 12.7. The third kappa shape index (κ3) is 40.6. The Bertz CT molecular complexity index is 1320. The molecule has 4 unspecified atom stereocenters. The van der Waals surface area contributed by atoms with E-state index in [9.17, 15) is 29.4 Å². The molecule has 2 rings (SSSR count). The second-order valence-electron chi connectivity index (χ2n) is 17.5. The van der Waals surface area contributed by atoms with Crippen LogP contribution in [0.3, 0.4) is 0 Å². The quantitative estimate of drug-likeness (QED) is 0.0358. The van der Waals surface area contributed by atoms with Crippen LogP contribution in [-0.2, 0) is 51.3 Å². The van der Waals surface area contributed by atoms with Gasteiger partial charge in [-0.05, 0) is 114 Å². The number of benzene rings is 2. The molecule has 0 aromatic heterocycles. The van der Waals surface area contributed by atoms with E-state index in [1.54, 1.807) is 0 Å². The SMILES string of the molecule is CCCCCC(CCCCC(CCCCCCC(=O)[O-])OC(C)=O)OCc1ccccc1.CCCCCC(CCCCC(CCCCCCC(=O)[O-])OC(C)=O)OCc1ccccc1.[Ba+2]. The molecule has 10 nitrogen and oxygen atoms in total. The Morgan fingerprint density at radius 2 is 0.692 bits per heavy atom. The van der Waals surface area contributed by atoms with E-state index in [4.69, 9.17) is 18.9 Å². The van der Waals surface area contributed by atoms with E-state index in [-0.39, 0.29) is 98.1 Å². The summed E-state index contributed by atoms with van der Waals surface area (Å²) in [6.07, 6.45) is 26.7. The molecule has 0 aliphatic heterocycles. The number of hydrogen-bond donors (Lipinski definition) is 0. The van der Waals surface area contributed by atoms with Crippen LogP contribution in [0.4, 0.5) is 0 Å². The monoisotopic (exact) mass is 1030 g/mol. The molecular weight excluding hydrogens is 946 g/mol. The van der Waals surface area contributed by atoms with Crippen LogP contribution in [0.25, 0.3) is 0 Å². The third-order valence-electron chi connectivity index (χ3n) is 11.5. The first-order valence-corrected chi connectivity index (χ1v) is 25.1. The number of carbonyl (C=O) groups excluding carboxylic acids is 4. The maximum absolute atomic E-state index is 11.5. The Morgan fingerprint density at radius 1 is 0.415 bits per heavy atom. The maximum atomic E-state index is 11.5. The van der Waals surface area contributed by atoms with Gasteiger partial charge in [0.2, 0.25) is 0 Å². The van der Waals surface area contributed by atoms with Gasteiger partial charge >= 0.3 is 60.8 Å². The Kier molecular flexibility index (Phi) is 42.8. The second-order valence-corrected chi connectivity index (χ2v) is 17.5. The van der Waals surface area contributed by atoms with Gasteiger partial charge < -0.3 is 38.7 Å². The predicted molar refractivity (Wildman–Crippen MR) is 258 cm³/mol. The van der Waals surface area contributed by atoms with Crippen molar-refractivity contribution in [2.24, 2.45) is 0 Å². The predicted octanol–water partition coefficient (Wildman–Crippen LogP) is 11.1. The summed E-state index contributed by atoms with van der Waals surface area (Å²) in [6.45, 7) is 8.69. The smallest absolute Gasteiger partial charge is 0.550 e. The van der Waals surface area contributed by atoms with E-state index in [0.29, 0.717) is 26.1 Å². The Hall–Kier alpha value is -2.19. The van der Waals surface area contributed by atoms with Crippen molar-refractivity contribution < 1.29 is 48.3 Å². The molecule has 11 heteroatoms. The molecule has 2 aromatic carbocycles. The van der Waals surface area contributed by atoms with Gasteiger partial charge in [0.25, 0.3) is 0 Å². The standard InChI is InChI=1S/2C27H44O5.Ba/c2*1-3-4-8-17-25(31-22-24-15-9-7-10-16-24)18-13-14-20-26(32-23(2)28)19-11-5-6-12-21-27(29)30;/h2*7,9-10,15-16,25-26H,3-6,8,11-14,17-22H2,1-2H3,(H,29,30);/q;;+2/p-2. The minimum atomic E-state index is -0.983. The number of hydrogen-bond acceptors (Lipinski definition) is 10. The molecule has 0 bridgehead atoms. The summed E-state index contributed by atoms with van der Waals surface area (Å²) < 4.78 is 23.5. The van der Waals surface area contributed by atoms with E-state index < -0.39 is 11.9 Å². The summed E-state index contributed by atoms with van der Waals surface area (Å²) in [7, 11) is 0. The Morgan fingerprint density at radius 3 is 0.985 bits per heavy atom. The Labute approximate surface area is 434 Å². The molecule has 0 fully saturated rings. The molecule has 4 atom stereocenters. The Balaban J connectivity index is 0.00000124. The van der Waals surface area contributed by atoms with Crippen LogP contribution in [0.1, 0.15) is 219 Å². The largest absolute Gasteiger partial charge is 2.00 e. The maximum Gasteiger partial charge on any atom is 2.00 e. The zero-order chi connectivity index (χ0) is 46.9. The second kappa shape index (κ2) is 44.3. The van der Waals surface area contributed by atoms with E-state index in [1.807, 2.05) is 36.4 Å². The van der Waals surface area contributed by atoms with Crippen LogP contribution in [-0.4, -0.2) is 97.2 Å². The summed E-state index contributed by atoms with van der Waals surface area (Å²) in [5.41, 5.74) is 2.42. The number of carbonyl (C=O) groups is 4. The van der Waals surface area contributed by atoms with E-state index in [0.717, 1.165) is 116 Å².